The molecule has 0 aliphatic carbocycles. The number of rotatable bonds is 2. The Morgan fingerprint density at radius 2 is 1.50 bits per heavy atom. The van der Waals surface area contributed by atoms with Gasteiger partial charge in [-0.15, -0.1) is 0 Å². The smallest absolute Gasteiger partial charge is 0.118 e. The molecule has 1 heteroatoms. The lowest BCUT2D eigenvalue weighted by atomic mass is 9.86. The summed E-state index contributed by atoms with van der Waals surface area (Å²) in [6, 6.07) is 17.8. The molecule has 93 valence electrons. The molecule has 0 heterocycles. The number of hydrogen-bond donors (Lipinski definition) is 0. The summed E-state index contributed by atoms with van der Waals surface area (Å²) < 4.78 is 5.16. The first-order valence-electron chi connectivity index (χ1n) is 6.17. The van der Waals surface area contributed by atoms with Gasteiger partial charge in [0.15, 0.2) is 0 Å². The molecule has 2 aromatic carbocycles. The molecule has 0 unspecified atom stereocenters. The molecule has 0 aliphatic rings. The first-order chi connectivity index (χ1) is 8.50. The summed E-state index contributed by atoms with van der Waals surface area (Å²) in [5.74, 6) is 0.883. The van der Waals surface area contributed by atoms with E-state index in [-0.39, 0.29) is 5.41 Å². The summed E-state index contributed by atoms with van der Waals surface area (Å²) in [5, 5.41) is 0. The highest BCUT2D eigenvalue weighted by Gasteiger charge is 2.13. The highest BCUT2D eigenvalue weighted by atomic mass is 16.5. The molecule has 2 rings (SSSR count). The van der Waals surface area contributed by atoms with Crippen molar-refractivity contribution in [3.05, 3.63) is 54.1 Å². The predicted octanol–water partition coefficient (Wildman–Crippen LogP) is 4.46. The minimum Gasteiger partial charge on any atom is -0.497 e. The maximum Gasteiger partial charge on any atom is 0.118 e. The monoisotopic (exact) mass is 239 g/mol. The highest BCUT2D eigenvalue weighted by Crippen LogP contribution is 2.26. The lowest BCUT2D eigenvalue weighted by Gasteiger charge is -2.18. The van der Waals surface area contributed by atoms with Gasteiger partial charge in [-0.1, -0.05) is 45.0 Å². The molecular weight excluding hydrogens is 220 g/mol. The molecule has 2 aromatic rings. The van der Waals surface area contributed by atoms with Crippen LogP contribution in [0, 0.1) is 6.07 Å². The van der Waals surface area contributed by atoms with E-state index in [1.54, 1.807) is 7.11 Å². The molecule has 0 atom stereocenters. The average Bonchev–Trinajstić information content (AvgIpc) is 2.38. The van der Waals surface area contributed by atoms with E-state index in [0.29, 0.717) is 0 Å². The molecule has 0 aliphatic heterocycles. The van der Waals surface area contributed by atoms with Gasteiger partial charge in [-0.05, 0) is 46.4 Å². The third kappa shape index (κ3) is 2.73. The molecule has 1 nitrogen and oxygen atoms in total. The Kier molecular flexibility index (Phi) is 3.42. The van der Waals surface area contributed by atoms with E-state index in [2.05, 4.69) is 57.2 Å². The minimum absolute atomic E-state index is 0.151. The molecule has 18 heavy (non-hydrogen) atoms. The Bertz CT molecular complexity index is 501. The van der Waals surface area contributed by atoms with Crippen LogP contribution in [0.25, 0.3) is 11.1 Å². The Morgan fingerprint density at radius 1 is 0.889 bits per heavy atom. The predicted molar refractivity (Wildman–Crippen MR) is 76.0 cm³/mol. The Hall–Kier alpha value is -1.76. The minimum atomic E-state index is 0.151. The van der Waals surface area contributed by atoms with Crippen LogP contribution in [0.2, 0.25) is 0 Å². The quantitative estimate of drug-likeness (QED) is 0.751. The van der Waals surface area contributed by atoms with Crippen LogP contribution in [0.5, 0.6) is 5.75 Å². The van der Waals surface area contributed by atoms with Crippen LogP contribution >= 0.6 is 0 Å². The molecule has 0 N–H and O–H groups in total. The standard InChI is InChI=1S/C17H19O/c1-17(2,3)15-9-5-13(6-10-15)14-7-11-16(18-4)12-8-14/h5-9,11-12H,1-4H3. The van der Waals surface area contributed by atoms with Gasteiger partial charge in [-0.25, -0.2) is 0 Å². The first-order valence-corrected chi connectivity index (χ1v) is 6.17. The summed E-state index contributed by atoms with van der Waals surface area (Å²) in [7, 11) is 1.68. The van der Waals surface area contributed by atoms with Gasteiger partial charge in [-0.2, -0.15) is 0 Å². The molecule has 0 fully saturated rings. The lowest BCUT2D eigenvalue weighted by molar-refractivity contribution is 0.415. The first kappa shape index (κ1) is 12.7. The van der Waals surface area contributed by atoms with Crippen molar-refractivity contribution < 1.29 is 4.74 Å². The van der Waals surface area contributed by atoms with Crippen molar-refractivity contribution in [3.63, 3.8) is 0 Å². The summed E-state index contributed by atoms with van der Waals surface area (Å²) >= 11 is 0. The number of ether oxygens (including phenoxy) is 1. The maximum absolute atomic E-state index is 5.16. The lowest BCUT2D eigenvalue weighted by Crippen LogP contribution is -2.10. The molecule has 0 spiro atoms. The summed E-state index contributed by atoms with van der Waals surface area (Å²) in [4.78, 5) is 0. The molecule has 0 aromatic heterocycles. The van der Waals surface area contributed by atoms with Crippen LogP contribution in [0.3, 0.4) is 0 Å². The van der Waals surface area contributed by atoms with E-state index in [1.165, 1.54) is 16.7 Å². The third-order valence-corrected chi connectivity index (χ3v) is 3.04. The Labute approximate surface area is 109 Å². The van der Waals surface area contributed by atoms with E-state index in [4.69, 9.17) is 4.74 Å². The van der Waals surface area contributed by atoms with Gasteiger partial charge < -0.3 is 4.74 Å². The summed E-state index contributed by atoms with van der Waals surface area (Å²) in [6.45, 7) is 6.60. The molecule has 1 radical (unpaired) electrons. The van der Waals surface area contributed by atoms with Gasteiger partial charge in [0, 0.05) is 0 Å². The Morgan fingerprint density at radius 3 is 1.94 bits per heavy atom. The second-order valence-electron chi connectivity index (χ2n) is 5.47. The maximum atomic E-state index is 5.16. The van der Waals surface area contributed by atoms with Crippen molar-refractivity contribution in [2.24, 2.45) is 0 Å². The fourth-order valence-corrected chi connectivity index (χ4v) is 1.85. The summed E-state index contributed by atoms with van der Waals surface area (Å²) in [5.41, 5.74) is 3.76. The van der Waals surface area contributed by atoms with Crippen molar-refractivity contribution in [1.29, 1.82) is 0 Å². The topological polar surface area (TPSA) is 9.23 Å². The number of hydrogen-bond acceptors (Lipinski definition) is 1. The fourth-order valence-electron chi connectivity index (χ4n) is 1.85. The van der Waals surface area contributed by atoms with Crippen LogP contribution in [0.1, 0.15) is 26.3 Å². The van der Waals surface area contributed by atoms with Crippen molar-refractivity contribution >= 4 is 0 Å². The van der Waals surface area contributed by atoms with E-state index in [0.717, 1.165) is 5.75 Å². The molecule has 0 bridgehead atoms. The van der Waals surface area contributed by atoms with E-state index in [9.17, 15) is 0 Å². The van der Waals surface area contributed by atoms with Gasteiger partial charge in [-0.3, -0.25) is 0 Å². The number of methoxy groups -OCH3 is 1. The van der Waals surface area contributed by atoms with Gasteiger partial charge in [0.2, 0.25) is 0 Å². The largest absolute Gasteiger partial charge is 0.497 e. The van der Waals surface area contributed by atoms with Crippen LogP contribution in [-0.4, -0.2) is 7.11 Å². The zero-order valence-electron chi connectivity index (χ0n) is 11.4. The normalized spacial score (nSPS) is 11.3. The number of benzene rings is 2. The highest BCUT2D eigenvalue weighted by molar-refractivity contribution is 5.64. The molecule has 0 saturated carbocycles. The van der Waals surface area contributed by atoms with Crippen LogP contribution < -0.4 is 4.74 Å². The van der Waals surface area contributed by atoms with Crippen molar-refractivity contribution in [1.82, 2.24) is 0 Å². The molecule has 0 saturated heterocycles. The summed E-state index contributed by atoms with van der Waals surface area (Å²) in [6.07, 6.45) is 0. The molecule has 0 amide bonds. The van der Waals surface area contributed by atoms with Crippen LogP contribution in [-0.2, 0) is 5.41 Å². The fraction of sp³-hybridized carbons (Fsp3) is 0.294. The SMILES string of the molecule is COc1ccc(-c2c[c]c(C(C)(C)C)cc2)cc1. The zero-order chi connectivity index (χ0) is 13.2. The van der Waals surface area contributed by atoms with E-state index >= 15 is 0 Å². The van der Waals surface area contributed by atoms with Crippen molar-refractivity contribution in [3.8, 4) is 16.9 Å². The molecular formula is C17H19O. The third-order valence-electron chi connectivity index (χ3n) is 3.04. The van der Waals surface area contributed by atoms with Crippen LogP contribution in [0.15, 0.2) is 42.5 Å². The van der Waals surface area contributed by atoms with Gasteiger partial charge in [0.1, 0.15) is 5.75 Å². The van der Waals surface area contributed by atoms with Gasteiger partial charge in [0.05, 0.1) is 7.11 Å². The van der Waals surface area contributed by atoms with E-state index in [1.807, 2.05) is 12.1 Å². The second-order valence-corrected chi connectivity index (χ2v) is 5.47. The Balaban J connectivity index is 2.28. The van der Waals surface area contributed by atoms with Crippen LogP contribution in [0.4, 0.5) is 0 Å². The van der Waals surface area contributed by atoms with Gasteiger partial charge >= 0.3 is 0 Å². The zero-order valence-corrected chi connectivity index (χ0v) is 11.4. The van der Waals surface area contributed by atoms with Crippen molar-refractivity contribution in [2.45, 2.75) is 26.2 Å². The van der Waals surface area contributed by atoms with Crippen molar-refractivity contribution in [2.75, 3.05) is 7.11 Å². The second kappa shape index (κ2) is 4.85. The van der Waals surface area contributed by atoms with Gasteiger partial charge in [0.25, 0.3) is 0 Å². The van der Waals surface area contributed by atoms with E-state index < -0.39 is 0 Å². The average molecular weight is 239 g/mol.